The van der Waals surface area contributed by atoms with Gasteiger partial charge in [0, 0.05) is 19.8 Å². The molecule has 18 heavy (non-hydrogen) atoms. The first-order valence-corrected chi connectivity index (χ1v) is 5.37. The lowest BCUT2D eigenvalue weighted by atomic mass is 10.2. The number of nitrogens with zero attached hydrogens (tertiary/aromatic N) is 1. The summed E-state index contributed by atoms with van der Waals surface area (Å²) in [4.78, 5) is 29.1. The van der Waals surface area contributed by atoms with Crippen molar-refractivity contribution in [3.05, 3.63) is 52.2 Å². The summed E-state index contributed by atoms with van der Waals surface area (Å²) in [6.07, 6.45) is 1.35. The maximum absolute atomic E-state index is 11.9. The summed E-state index contributed by atoms with van der Waals surface area (Å²) in [7, 11) is 1.64. The van der Waals surface area contributed by atoms with E-state index in [1.54, 1.807) is 31.3 Å². The summed E-state index contributed by atoms with van der Waals surface area (Å²) in [5, 5.41) is 9.16. The SMILES string of the molecule is CN(Cc1ccc(O)cc1)C(=O)c1c[nH]c(=O)[nH]1. The van der Waals surface area contributed by atoms with Crippen LogP contribution in [0.15, 0.2) is 35.3 Å². The van der Waals surface area contributed by atoms with E-state index in [4.69, 9.17) is 5.11 Å². The lowest BCUT2D eigenvalue weighted by Gasteiger charge is -2.16. The fraction of sp³-hybridized carbons (Fsp3) is 0.167. The standard InChI is InChI=1S/C12H13N3O3/c1-15(7-8-2-4-9(16)5-3-8)11(17)10-6-13-12(18)14-10/h2-6,16H,7H2,1H3,(H2,13,14,18). The zero-order chi connectivity index (χ0) is 13.1. The van der Waals surface area contributed by atoms with Crippen molar-refractivity contribution in [2.75, 3.05) is 7.05 Å². The van der Waals surface area contributed by atoms with E-state index in [2.05, 4.69) is 9.97 Å². The van der Waals surface area contributed by atoms with Crippen LogP contribution in [0.1, 0.15) is 16.1 Å². The van der Waals surface area contributed by atoms with Gasteiger partial charge in [-0.15, -0.1) is 0 Å². The monoisotopic (exact) mass is 247 g/mol. The topological polar surface area (TPSA) is 89.2 Å². The summed E-state index contributed by atoms with van der Waals surface area (Å²) in [6.45, 7) is 0.395. The summed E-state index contributed by atoms with van der Waals surface area (Å²) < 4.78 is 0. The van der Waals surface area contributed by atoms with Gasteiger partial charge < -0.3 is 20.0 Å². The van der Waals surface area contributed by atoms with Gasteiger partial charge in [0.25, 0.3) is 5.91 Å². The second-order valence-corrected chi connectivity index (χ2v) is 3.98. The van der Waals surface area contributed by atoms with Crippen molar-refractivity contribution >= 4 is 5.91 Å². The van der Waals surface area contributed by atoms with Gasteiger partial charge in [-0.1, -0.05) is 12.1 Å². The van der Waals surface area contributed by atoms with Crippen LogP contribution in [0.4, 0.5) is 0 Å². The van der Waals surface area contributed by atoms with E-state index < -0.39 is 5.69 Å². The smallest absolute Gasteiger partial charge is 0.323 e. The van der Waals surface area contributed by atoms with Crippen LogP contribution < -0.4 is 5.69 Å². The van der Waals surface area contributed by atoms with Gasteiger partial charge in [0.1, 0.15) is 11.4 Å². The third-order valence-electron chi connectivity index (χ3n) is 2.53. The van der Waals surface area contributed by atoms with Crippen LogP contribution in [-0.4, -0.2) is 32.9 Å². The maximum atomic E-state index is 11.9. The molecular weight excluding hydrogens is 234 g/mol. The van der Waals surface area contributed by atoms with Crippen molar-refractivity contribution in [2.24, 2.45) is 0 Å². The molecule has 0 fully saturated rings. The number of hydrogen-bond acceptors (Lipinski definition) is 3. The molecule has 6 heteroatoms. The lowest BCUT2D eigenvalue weighted by Crippen LogP contribution is -2.26. The second kappa shape index (κ2) is 4.79. The first-order valence-electron chi connectivity index (χ1n) is 5.37. The highest BCUT2D eigenvalue weighted by atomic mass is 16.3. The number of amides is 1. The molecule has 0 aliphatic rings. The van der Waals surface area contributed by atoms with E-state index >= 15 is 0 Å². The Hall–Kier alpha value is -2.50. The number of carbonyl (C=O) groups is 1. The molecule has 0 aliphatic carbocycles. The van der Waals surface area contributed by atoms with Gasteiger partial charge in [0.15, 0.2) is 0 Å². The Bertz CT molecular complexity index is 598. The number of benzene rings is 1. The number of aromatic hydroxyl groups is 1. The largest absolute Gasteiger partial charge is 0.508 e. The van der Waals surface area contributed by atoms with Crippen LogP contribution in [0.2, 0.25) is 0 Å². The molecular formula is C12H13N3O3. The predicted molar refractivity (Wildman–Crippen MR) is 65.3 cm³/mol. The molecule has 0 bridgehead atoms. The maximum Gasteiger partial charge on any atom is 0.323 e. The average Bonchev–Trinajstić information content (AvgIpc) is 2.78. The van der Waals surface area contributed by atoms with Crippen LogP contribution in [0.5, 0.6) is 5.75 Å². The average molecular weight is 247 g/mol. The van der Waals surface area contributed by atoms with Crippen molar-refractivity contribution < 1.29 is 9.90 Å². The van der Waals surface area contributed by atoms with E-state index in [0.29, 0.717) is 6.54 Å². The normalized spacial score (nSPS) is 10.3. The molecule has 1 amide bonds. The third kappa shape index (κ3) is 2.60. The second-order valence-electron chi connectivity index (χ2n) is 3.98. The van der Waals surface area contributed by atoms with Crippen molar-refractivity contribution in [3.63, 3.8) is 0 Å². The number of carbonyl (C=O) groups excluding carboxylic acids is 1. The minimum atomic E-state index is -0.406. The first kappa shape index (κ1) is 12.0. The number of H-pyrrole nitrogens is 2. The van der Waals surface area contributed by atoms with Crippen LogP contribution in [0, 0.1) is 0 Å². The van der Waals surface area contributed by atoms with Crippen LogP contribution in [0.25, 0.3) is 0 Å². The van der Waals surface area contributed by atoms with Crippen LogP contribution in [-0.2, 0) is 6.54 Å². The van der Waals surface area contributed by atoms with Gasteiger partial charge in [0.2, 0.25) is 0 Å². The van der Waals surface area contributed by atoms with Gasteiger partial charge >= 0.3 is 5.69 Å². The summed E-state index contributed by atoms with van der Waals surface area (Å²) in [5.74, 6) is -0.0934. The molecule has 6 nitrogen and oxygen atoms in total. The summed E-state index contributed by atoms with van der Waals surface area (Å²) in [6, 6.07) is 6.59. The molecule has 0 unspecified atom stereocenters. The molecule has 1 aromatic carbocycles. The van der Waals surface area contributed by atoms with Crippen molar-refractivity contribution in [1.29, 1.82) is 0 Å². The van der Waals surface area contributed by atoms with Gasteiger partial charge in [-0.25, -0.2) is 4.79 Å². The van der Waals surface area contributed by atoms with Gasteiger partial charge in [0.05, 0.1) is 0 Å². The molecule has 1 heterocycles. The Morgan fingerprint density at radius 3 is 2.56 bits per heavy atom. The fourth-order valence-electron chi connectivity index (χ4n) is 1.60. The number of aromatic nitrogens is 2. The molecule has 3 N–H and O–H groups in total. The number of hydrogen-bond donors (Lipinski definition) is 3. The molecule has 0 saturated carbocycles. The highest BCUT2D eigenvalue weighted by molar-refractivity contribution is 5.91. The van der Waals surface area contributed by atoms with E-state index in [-0.39, 0.29) is 17.4 Å². The third-order valence-corrected chi connectivity index (χ3v) is 2.53. The minimum Gasteiger partial charge on any atom is -0.508 e. The van der Waals surface area contributed by atoms with Gasteiger partial charge in [-0.05, 0) is 17.7 Å². The number of imidazole rings is 1. The van der Waals surface area contributed by atoms with Gasteiger partial charge in [-0.2, -0.15) is 0 Å². The zero-order valence-electron chi connectivity index (χ0n) is 9.80. The van der Waals surface area contributed by atoms with E-state index in [1.807, 2.05) is 0 Å². The first-order chi connectivity index (χ1) is 8.56. The number of phenols is 1. The molecule has 2 rings (SSSR count). The Morgan fingerprint density at radius 2 is 2.00 bits per heavy atom. The van der Waals surface area contributed by atoms with Crippen molar-refractivity contribution in [2.45, 2.75) is 6.54 Å². The quantitative estimate of drug-likeness (QED) is 0.745. The summed E-state index contributed by atoms with van der Waals surface area (Å²) in [5.41, 5.74) is 0.708. The number of aromatic amines is 2. The fourth-order valence-corrected chi connectivity index (χ4v) is 1.60. The van der Waals surface area contributed by atoms with Crippen LogP contribution >= 0.6 is 0 Å². The van der Waals surface area contributed by atoms with Crippen molar-refractivity contribution in [1.82, 2.24) is 14.9 Å². The Balaban J connectivity index is 2.08. The highest BCUT2D eigenvalue weighted by Gasteiger charge is 2.13. The molecule has 94 valence electrons. The Kier molecular flexibility index (Phi) is 3.18. The lowest BCUT2D eigenvalue weighted by molar-refractivity contribution is 0.0779. The molecule has 0 aliphatic heterocycles. The molecule has 1 aromatic heterocycles. The van der Waals surface area contributed by atoms with E-state index in [9.17, 15) is 9.59 Å². The molecule has 0 saturated heterocycles. The molecule has 2 aromatic rings. The molecule has 0 spiro atoms. The number of phenolic OH excluding ortho intramolecular Hbond substituents is 1. The Morgan fingerprint density at radius 1 is 1.33 bits per heavy atom. The van der Waals surface area contributed by atoms with Crippen molar-refractivity contribution in [3.8, 4) is 5.75 Å². The minimum absolute atomic E-state index is 0.183. The van der Waals surface area contributed by atoms with Gasteiger partial charge in [-0.3, -0.25) is 4.79 Å². The van der Waals surface area contributed by atoms with Crippen LogP contribution in [0.3, 0.4) is 0 Å². The number of nitrogens with one attached hydrogen (secondary N) is 2. The molecule has 0 atom stereocenters. The number of rotatable bonds is 3. The summed E-state index contributed by atoms with van der Waals surface area (Å²) >= 11 is 0. The highest BCUT2D eigenvalue weighted by Crippen LogP contribution is 2.11. The Labute approximate surface area is 103 Å². The predicted octanol–water partition coefficient (Wildman–Crippen LogP) is 0.681. The zero-order valence-corrected chi connectivity index (χ0v) is 9.80. The van der Waals surface area contributed by atoms with E-state index in [1.165, 1.54) is 11.1 Å². The molecule has 0 radical (unpaired) electrons. The van der Waals surface area contributed by atoms with E-state index in [0.717, 1.165) is 5.56 Å².